The van der Waals surface area contributed by atoms with Gasteiger partial charge in [0.15, 0.2) is 0 Å². The minimum Gasteiger partial charge on any atom is -0.492 e. The van der Waals surface area contributed by atoms with Crippen LogP contribution in [-0.2, 0) is 5.41 Å². The molecule has 0 saturated carbocycles. The van der Waals surface area contributed by atoms with Gasteiger partial charge in [0.25, 0.3) is 0 Å². The van der Waals surface area contributed by atoms with Crippen LogP contribution in [-0.4, -0.2) is 19.7 Å². The van der Waals surface area contributed by atoms with Gasteiger partial charge < -0.3 is 9.64 Å². The topological polar surface area (TPSA) is 12.5 Å². The van der Waals surface area contributed by atoms with E-state index in [2.05, 4.69) is 101 Å². The Morgan fingerprint density at radius 2 is 1.46 bits per heavy atom. The average Bonchev–Trinajstić information content (AvgIpc) is 2.58. The van der Waals surface area contributed by atoms with Crippen LogP contribution in [0.25, 0.3) is 0 Å². The van der Waals surface area contributed by atoms with Crippen LogP contribution >= 0.6 is 0 Å². The zero-order chi connectivity index (χ0) is 19.2. The molecule has 2 aromatic rings. The molecule has 0 unspecified atom stereocenters. The van der Waals surface area contributed by atoms with Gasteiger partial charge in [0.2, 0.25) is 0 Å². The van der Waals surface area contributed by atoms with Crippen molar-refractivity contribution in [1.29, 1.82) is 0 Å². The van der Waals surface area contributed by atoms with Crippen LogP contribution in [0.1, 0.15) is 53.5 Å². The number of rotatable bonds is 8. The molecule has 0 aliphatic rings. The summed E-state index contributed by atoms with van der Waals surface area (Å²) >= 11 is 0. The van der Waals surface area contributed by atoms with Crippen LogP contribution in [0.15, 0.2) is 54.6 Å². The van der Waals surface area contributed by atoms with Crippen LogP contribution in [0.4, 0.5) is 5.69 Å². The lowest BCUT2D eigenvalue weighted by atomic mass is 9.72. The Balaban J connectivity index is 1.91. The van der Waals surface area contributed by atoms with Gasteiger partial charge in [-0.15, -0.1) is 0 Å². The molecule has 0 spiro atoms. The van der Waals surface area contributed by atoms with Crippen LogP contribution in [0.2, 0.25) is 0 Å². The molecule has 142 valence electrons. The number of nitrogens with zero attached hydrogens (tertiary/aromatic N) is 1. The summed E-state index contributed by atoms with van der Waals surface area (Å²) in [5.74, 6) is 0.949. The van der Waals surface area contributed by atoms with Gasteiger partial charge >= 0.3 is 0 Å². The van der Waals surface area contributed by atoms with Gasteiger partial charge in [-0.3, -0.25) is 0 Å². The molecule has 0 fully saturated rings. The van der Waals surface area contributed by atoms with Crippen molar-refractivity contribution in [2.75, 3.05) is 24.6 Å². The molecule has 0 aliphatic carbocycles. The molecule has 0 N–H and O–H groups in total. The molecule has 0 aromatic heterocycles. The molecule has 2 nitrogen and oxygen atoms in total. The number of para-hydroxylation sites is 1. The Morgan fingerprint density at radius 3 is 2.00 bits per heavy atom. The van der Waals surface area contributed by atoms with Gasteiger partial charge in [0.1, 0.15) is 12.4 Å². The Morgan fingerprint density at radius 1 is 0.846 bits per heavy atom. The number of likely N-dealkylation sites (N-methyl/N-ethyl adjacent to an activating group) is 1. The number of ether oxygens (including phenoxy) is 1. The lowest BCUT2D eigenvalue weighted by Gasteiger charge is -2.33. The smallest absolute Gasteiger partial charge is 0.119 e. The normalized spacial score (nSPS) is 12.1. The van der Waals surface area contributed by atoms with Crippen LogP contribution in [0.3, 0.4) is 0 Å². The number of hydrogen-bond donors (Lipinski definition) is 0. The molecular formula is C24H35NO. The van der Waals surface area contributed by atoms with Crippen molar-refractivity contribution in [1.82, 2.24) is 0 Å². The van der Waals surface area contributed by atoms with Crippen molar-refractivity contribution >= 4 is 5.69 Å². The number of anilines is 1. The summed E-state index contributed by atoms with van der Waals surface area (Å²) in [5, 5.41) is 0. The summed E-state index contributed by atoms with van der Waals surface area (Å²) in [4.78, 5) is 2.33. The second-order valence-electron chi connectivity index (χ2n) is 8.91. The predicted octanol–water partition coefficient (Wildman–Crippen LogP) is 6.31. The lowest BCUT2D eigenvalue weighted by molar-refractivity contribution is 0.283. The highest BCUT2D eigenvalue weighted by Gasteiger charge is 2.27. The van der Waals surface area contributed by atoms with E-state index in [-0.39, 0.29) is 5.41 Å². The molecule has 2 heteroatoms. The number of hydrogen-bond acceptors (Lipinski definition) is 2. The van der Waals surface area contributed by atoms with Crippen LogP contribution < -0.4 is 9.64 Å². The van der Waals surface area contributed by atoms with E-state index >= 15 is 0 Å². The first-order chi connectivity index (χ1) is 12.2. The van der Waals surface area contributed by atoms with Gasteiger partial charge in [-0.1, -0.05) is 65.0 Å². The van der Waals surface area contributed by atoms with Crippen molar-refractivity contribution in [3.05, 3.63) is 60.2 Å². The quantitative estimate of drug-likeness (QED) is 0.551. The SMILES string of the molecule is CCN(CCOc1ccc(C(C)(C)CC(C)(C)C)cc1)c1ccccc1. The predicted molar refractivity (Wildman–Crippen MR) is 113 cm³/mol. The molecule has 26 heavy (non-hydrogen) atoms. The maximum Gasteiger partial charge on any atom is 0.119 e. The molecule has 2 aromatic carbocycles. The molecule has 0 amide bonds. The summed E-state index contributed by atoms with van der Waals surface area (Å²) in [6.07, 6.45) is 1.16. The van der Waals surface area contributed by atoms with Gasteiger partial charge in [-0.25, -0.2) is 0 Å². The summed E-state index contributed by atoms with van der Waals surface area (Å²) < 4.78 is 5.99. The summed E-state index contributed by atoms with van der Waals surface area (Å²) in [6.45, 7) is 16.3. The summed E-state index contributed by atoms with van der Waals surface area (Å²) in [7, 11) is 0. The van der Waals surface area contributed by atoms with E-state index < -0.39 is 0 Å². The molecule has 0 atom stereocenters. The lowest BCUT2D eigenvalue weighted by Crippen LogP contribution is -2.28. The van der Waals surface area contributed by atoms with Gasteiger partial charge in [0.05, 0.1) is 6.54 Å². The molecule has 0 aliphatic heterocycles. The average molecular weight is 354 g/mol. The first-order valence-corrected chi connectivity index (χ1v) is 9.75. The molecule has 0 bridgehead atoms. The van der Waals surface area contributed by atoms with Crippen molar-refractivity contribution < 1.29 is 4.74 Å². The van der Waals surface area contributed by atoms with Gasteiger partial charge in [0, 0.05) is 12.2 Å². The molecular weight excluding hydrogens is 318 g/mol. The Kier molecular flexibility index (Phi) is 6.75. The van der Waals surface area contributed by atoms with Gasteiger partial charge in [-0.05, 0) is 54.0 Å². The Labute approximate surface area is 160 Å². The highest BCUT2D eigenvalue weighted by molar-refractivity contribution is 5.45. The Bertz CT molecular complexity index is 653. The van der Waals surface area contributed by atoms with E-state index in [0.29, 0.717) is 12.0 Å². The van der Waals surface area contributed by atoms with Gasteiger partial charge in [-0.2, -0.15) is 0 Å². The Hall–Kier alpha value is -1.96. The monoisotopic (exact) mass is 353 g/mol. The zero-order valence-electron chi connectivity index (χ0n) is 17.4. The highest BCUT2D eigenvalue weighted by atomic mass is 16.5. The second kappa shape index (κ2) is 8.62. The maximum absolute atomic E-state index is 5.99. The minimum absolute atomic E-state index is 0.170. The van der Waals surface area contributed by atoms with Crippen molar-refractivity contribution in [3.63, 3.8) is 0 Å². The third kappa shape index (κ3) is 6.09. The van der Waals surface area contributed by atoms with Crippen molar-refractivity contribution in [3.8, 4) is 5.75 Å². The van der Waals surface area contributed by atoms with E-state index in [9.17, 15) is 0 Å². The molecule has 0 radical (unpaired) electrons. The van der Waals surface area contributed by atoms with E-state index in [1.54, 1.807) is 0 Å². The van der Waals surface area contributed by atoms with E-state index in [4.69, 9.17) is 4.74 Å². The number of benzene rings is 2. The standard InChI is InChI=1S/C24H35NO/c1-7-25(21-11-9-8-10-12-21)17-18-26-22-15-13-20(14-16-22)24(5,6)19-23(2,3)4/h8-16H,7,17-19H2,1-6H3. The molecule has 2 rings (SSSR count). The minimum atomic E-state index is 0.170. The first-order valence-electron chi connectivity index (χ1n) is 9.75. The highest BCUT2D eigenvalue weighted by Crippen LogP contribution is 2.36. The largest absolute Gasteiger partial charge is 0.492 e. The van der Waals surface area contributed by atoms with E-state index in [1.165, 1.54) is 11.3 Å². The molecule has 0 saturated heterocycles. The molecule has 0 heterocycles. The summed E-state index contributed by atoms with van der Waals surface area (Å²) in [6, 6.07) is 19.2. The third-order valence-corrected chi connectivity index (χ3v) is 4.74. The van der Waals surface area contributed by atoms with Crippen molar-refractivity contribution in [2.24, 2.45) is 5.41 Å². The zero-order valence-corrected chi connectivity index (χ0v) is 17.4. The summed E-state index contributed by atoms with van der Waals surface area (Å²) in [5.41, 5.74) is 3.11. The van der Waals surface area contributed by atoms with Crippen LogP contribution in [0, 0.1) is 5.41 Å². The fourth-order valence-electron chi connectivity index (χ4n) is 3.81. The van der Waals surface area contributed by atoms with Crippen LogP contribution in [0.5, 0.6) is 5.75 Å². The second-order valence-corrected chi connectivity index (χ2v) is 8.91. The van der Waals surface area contributed by atoms with E-state index in [0.717, 1.165) is 25.3 Å². The third-order valence-electron chi connectivity index (χ3n) is 4.74. The maximum atomic E-state index is 5.99. The fraction of sp³-hybridized carbons (Fsp3) is 0.500. The fourth-order valence-corrected chi connectivity index (χ4v) is 3.81. The first kappa shape index (κ1) is 20.4. The van der Waals surface area contributed by atoms with E-state index in [1.807, 2.05) is 0 Å². The van der Waals surface area contributed by atoms with Crippen molar-refractivity contribution in [2.45, 2.75) is 53.4 Å².